The van der Waals surface area contributed by atoms with Crippen LogP contribution < -0.4 is 5.32 Å². The molecular weight excluding hydrogens is 232 g/mol. The van der Waals surface area contributed by atoms with Gasteiger partial charge in [-0.05, 0) is 57.3 Å². The van der Waals surface area contributed by atoms with Crippen molar-refractivity contribution in [2.24, 2.45) is 5.92 Å². The van der Waals surface area contributed by atoms with Crippen molar-refractivity contribution < 1.29 is 0 Å². The number of piperidine rings is 1. The predicted octanol–water partition coefficient (Wildman–Crippen LogP) is 2.65. The molecule has 2 heteroatoms. The van der Waals surface area contributed by atoms with Gasteiger partial charge in [-0.1, -0.05) is 30.3 Å². The Morgan fingerprint density at radius 1 is 1.26 bits per heavy atom. The quantitative estimate of drug-likeness (QED) is 0.873. The molecule has 1 aromatic rings. The van der Waals surface area contributed by atoms with Gasteiger partial charge in [0.15, 0.2) is 0 Å². The molecule has 1 unspecified atom stereocenters. The van der Waals surface area contributed by atoms with Gasteiger partial charge in [-0.15, -0.1) is 0 Å². The van der Waals surface area contributed by atoms with Crippen LogP contribution in [0.3, 0.4) is 0 Å². The van der Waals surface area contributed by atoms with Gasteiger partial charge in [-0.2, -0.15) is 0 Å². The van der Waals surface area contributed by atoms with Crippen molar-refractivity contribution in [3.8, 4) is 0 Å². The lowest BCUT2D eigenvalue weighted by Crippen LogP contribution is -2.39. The normalized spacial score (nSPS) is 25.5. The molecular formula is C17H26N2. The standard InChI is InChI=1S/C17H26N2/c1-19(13-15-6-5-11-18-12-15)14-17(9-10-17)16-7-3-2-4-8-16/h2-4,7-8,15,18H,5-6,9-14H2,1H3. The summed E-state index contributed by atoms with van der Waals surface area (Å²) < 4.78 is 0. The first kappa shape index (κ1) is 13.1. The minimum absolute atomic E-state index is 0.470. The minimum Gasteiger partial charge on any atom is -0.316 e. The summed E-state index contributed by atoms with van der Waals surface area (Å²) >= 11 is 0. The minimum atomic E-state index is 0.470. The van der Waals surface area contributed by atoms with Crippen LogP contribution in [-0.2, 0) is 5.41 Å². The number of rotatable bonds is 5. The van der Waals surface area contributed by atoms with E-state index in [1.807, 2.05) is 0 Å². The highest BCUT2D eigenvalue weighted by Gasteiger charge is 2.44. The summed E-state index contributed by atoms with van der Waals surface area (Å²) in [6.07, 6.45) is 5.48. The molecule has 1 aliphatic heterocycles. The largest absolute Gasteiger partial charge is 0.316 e. The second-order valence-electron chi connectivity index (χ2n) is 6.56. The maximum Gasteiger partial charge on any atom is 0.00808 e. The molecule has 1 saturated carbocycles. The van der Waals surface area contributed by atoms with E-state index in [-0.39, 0.29) is 0 Å². The number of nitrogens with zero attached hydrogens (tertiary/aromatic N) is 1. The van der Waals surface area contributed by atoms with Crippen molar-refractivity contribution in [3.63, 3.8) is 0 Å². The van der Waals surface area contributed by atoms with Crippen LogP contribution in [0.2, 0.25) is 0 Å². The fraction of sp³-hybridized carbons (Fsp3) is 0.647. The molecule has 1 aromatic carbocycles. The average Bonchev–Trinajstić information content (AvgIpc) is 3.21. The van der Waals surface area contributed by atoms with E-state index in [2.05, 4.69) is 47.6 Å². The molecule has 1 saturated heterocycles. The molecule has 0 radical (unpaired) electrons. The van der Waals surface area contributed by atoms with Crippen LogP contribution in [0, 0.1) is 5.92 Å². The molecule has 2 fully saturated rings. The number of nitrogens with one attached hydrogen (secondary N) is 1. The van der Waals surface area contributed by atoms with Gasteiger partial charge in [-0.25, -0.2) is 0 Å². The molecule has 2 aliphatic rings. The molecule has 0 spiro atoms. The Kier molecular flexibility index (Phi) is 3.90. The summed E-state index contributed by atoms with van der Waals surface area (Å²) in [6.45, 7) is 4.91. The van der Waals surface area contributed by atoms with Gasteiger partial charge in [0.1, 0.15) is 0 Å². The molecule has 0 aromatic heterocycles. The maximum atomic E-state index is 3.52. The first-order valence-electron chi connectivity index (χ1n) is 7.73. The SMILES string of the molecule is CN(CC1CCCNC1)CC1(c2ccccc2)CC1. The average molecular weight is 258 g/mol. The highest BCUT2D eigenvalue weighted by atomic mass is 15.1. The third-order valence-electron chi connectivity index (χ3n) is 4.78. The molecule has 1 heterocycles. The van der Waals surface area contributed by atoms with Crippen LogP contribution >= 0.6 is 0 Å². The van der Waals surface area contributed by atoms with E-state index in [1.54, 1.807) is 5.56 Å². The predicted molar refractivity (Wildman–Crippen MR) is 80.4 cm³/mol. The Hall–Kier alpha value is -0.860. The molecule has 1 atom stereocenters. The molecule has 3 rings (SSSR count). The second kappa shape index (κ2) is 5.64. The van der Waals surface area contributed by atoms with Crippen LogP contribution in [0.5, 0.6) is 0 Å². The number of likely N-dealkylation sites (N-methyl/N-ethyl adjacent to an activating group) is 1. The van der Waals surface area contributed by atoms with Gasteiger partial charge in [0.2, 0.25) is 0 Å². The zero-order valence-electron chi connectivity index (χ0n) is 12.1. The van der Waals surface area contributed by atoms with E-state index < -0.39 is 0 Å². The van der Waals surface area contributed by atoms with Crippen LogP contribution in [0.1, 0.15) is 31.2 Å². The van der Waals surface area contributed by atoms with Gasteiger partial charge in [0, 0.05) is 18.5 Å². The number of hydrogen-bond donors (Lipinski definition) is 1. The van der Waals surface area contributed by atoms with Gasteiger partial charge in [-0.3, -0.25) is 0 Å². The van der Waals surface area contributed by atoms with Gasteiger partial charge in [0.05, 0.1) is 0 Å². The lowest BCUT2D eigenvalue weighted by molar-refractivity contribution is 0.228. The summed E-state index contributed by atoms with van der Waals surface area (Å²) in [5, 5.41) is 3.52. The van der Waals surface area contributed by atoms with E-state index in [0.29, 0.717) is 5.41 Å². The highest BCUT2D eigenvalue weighted by Crippen LogP contribution is 2.48. The lowest BCUT2D eigenvalue weighted by Gasteiger charge is -2.30. The third-order valence-corrected chi connectivity index (χ3v) is 4.78. The van der Waals surface area contributed by atoms with Crippen molar-refractivity contribution in [2.75, 3.05) is 33.2 Å². The van der Waals surface area contributed by atoms with E-state index >= 15 is 0 Å². The maximum absolute atomic E-state index is 3.52. The number of hydrogen-bond acceptors (Lipinski definition) is 2. The van der Waals surface area contributed by atoms with Gasteiger partial charge >= 0.3 is 0 Å². The van der Waals surface area contributed by atoms with Crippen LogP contribution in [0.25, 0.3) is 0 Å². The first-order chi connectivity index (χ1) is 9.28. The van der Waals surface area contributed by atoms with Crippen molar-refractivity contribution in [1.29, 1.82) is 0 Å². The Labute approximate surface area is 117 Å². The van der Waals surface area contributed by atoms with Crippen molar-refractivity contribution >= 4 is 0 Å². The van der Waals surface area contributed by atoms with E-state index in [1.165, 1.54) is 51.9 Å². The topological polar surface area (TPSA) is 15.3 Å². The summed E-state index contributed by atoms with van der Waals surface area (Å²) in [7, 11) is 2.30. The van der Waals surface area contributed by atoms with Crippen molar-refractivity contribution in [1.82, 2.24) is 10.2 Å². The molecule has 104 valence electrons. The van der Waals surface area contributed by atoms with Gasteiger partial charge in [0.25, 0.3) is 0 Å². The second-order valence-corrected chi connectivity index (χ2v) is 6.56. The molecule has 0 bridgehead atoms. The summed E-state index contributed by atoms with van der Waals surface area (Å²) in [5.41, 5.74) is 2.02. The molecule has 19 heavy (non-hydrogen) atoms. The fourth-order valence-electron chi connectivity index (χ4n) is 3.58. The zero-order chi connectivity index (χ0) is 13.1. The lowest BCUT2D eigenvalue weighted by atomic mass is 9.94. The summed E-state index contributed by atoms with van der Waals surface area (Å²) in [4.78, 5) is 2.57. The van der Waals surface area contributed by atoms with E-state index in [4.69, 9.17) is 0 Å². The fourth-order valence-corrected chi connectivity index (χ4v) is 3.58. The molecule has 0 amide bonds. The molecule has 1 aliphatic carbocycles. The van der Waals surface area contributed by atoms with Crippen molar-refractivity contribution in [3.05, 3.63) is 35.9 Å². The van der Waals surface area contributed by atoms with Crippen LogP contribution in [0.15, 0.2) is 30.3 Å². The monoisotopic (exact) mass is 258 g/mol. The Morgan fingerprint density at radius 2 is 2.05 bits per heavy atom. The van der Waals surface area contributed by atoms with Gasteiger partial charge < -0.3 is 10.2 Å². The third kappa shape index (κ3) is 3.18. The van der Waals surface area contributed by atoms with Crippen LogP contribution in [-0.4, -0.2) is 38.1 Å². The first-order valence-corrected chi connectivity index (χ1v) is 7.73. The van der Waals surface area contributed by atoms with E-state index in [0.717, 1.165) is 5.92 Å². The Bertz CT molecular complexity index is 391. The molecule has 2 nitrogen and oxygen atoms in total. The summed E-state index contributed by atoms with van der Waals surface area (Å²) in [6, 6.07) is 11.1. The highest BCUT2D eigenvalue weighted by molar-refractivity contribution is 5.31. The Morgan fingerprint density at radius 3 is 2.68 bits per heavy atom. The summed E-state index contributed by atoms with van der Waals surface area (Å²) in [5.74, 6) is 0.852. The van der Waals surface area contributed by atoms with Crippen LogP contribution in [0.4, 0.5) is 0 Å². The Balaban J connectivity index is 1.55. The molecule has 1 N–H and O–H groups in total. The van der Waals surface area contributed by atoms with Crippen molar-refractivity contribution in [2.45, 2.75) is 31.1 Å². The number of benzene rings is 1. The van der Waals surface area contributed by atoms with E-state index in [9.17, 15) is 0 Å². The zero-order valence-corrected chi connectivity index (χ0v) is 12.1. The smallest absolute Gasteiger partial charge is 0.00808 e.